The fourth-order valence-corrected chi connectivity index (χ4v) is 3.44. The Balaban J connectivity index is 2.82. The second-order valence-electron chi connectivity index (χ2n) is 4.83. The van der Waals surface area contributed by atoms with Gasteiger partial charge < -0.3 is 11.1 Å². The van der Waals surface area contributed by atoms with E-state index in [1.807, 2.05) is 13.8 Å². The molecule has 1 aromatic carbocycles. The molecule has 0 aliphatic heterocycles. The van der Waals surface area contributed by atoms with E-state index in [1.54, 1.807) is 0 Å². The second kappa shape index (κ2) is 7.31. The van der Waals surface area contributed by atoms with Crippen LogP contribution in [0.5, 0.6) is 0 Å². The first kappa shape index (κ1) is 18.0. The predicted octanol–water partition coefficient (Wildman–Crippen LogP) is 1.63. The van der Waals surface area contributed by atoms with Gasteiger partial charge in [0.2, 0.25) is 15.9 Å². The number of carbonyl (C=O) groups is 1. The molecule has 6 nitrogen and oxygen atoms in total. The summed E-state index contributed by atoms with van der Waals surface area (Å²) in [5, 5.41) is 2.72. The summed E-state index contributed by atoms with van der Waals surface area (Å²) in [5.74, 6) is -0.164. The summed E-state index contributed by atoms with van der Waals surface area (Å²) >= 11 is 11.6. The van der Waals surface area contributed by atoms with Gasteiger partial charge in [0.25, 0.3) is 0 Å². The SMILES string of the molecule is CC(C)CNC(=O)CNS(=O)(=O)c1c(N)cc(Cl)cc1Cl. The average Bonchev–Trinajstić information content (AvgIpc) is 2.32. The molecule has 0 saturated heterocycles. The van der Waals surface area contributed by atoms with Gasteiger partial charge in [0, 0.05) is 11.6 Å². The van der Waals surface area contributed by atoms with Crippen LogP contribution in [-0.2, 0) is 14.8 Å². The van der Waals surface area contributed by atoms with Crippen molar-refractivity contribution in [1.82, 2.24) is 10.0 Å². The summed E-state index contributed by atoms with van der Waals surface area (Å²) in [4.78, 5) is 11.2. The maximum atomic E-state index is 12.1. The summed E-state index contributed by atoms with van der Waals surface area (Å²) in [6.45, 7) is 3.93. The van der Waals surface area contributed by atoms with Crippen LogP contribution in [0.4, 0.5) is 5.69 Å². The minimum Gasteiger partial charge on any atom is -0.398 e. The molecule has 0 spiro atoms. The Morgan fingerprint density at radius 3 is 2.48 bits per heavy atom. The van der Waals surface area contributed by atoms with Crippen molar-refractivity contribution in [3.63, 3.8) is 0 Å². The lowest BCUT2D eigenvalue weighted by Gasteiger charge is -2.12. The number of sulfonamides is 1. The van der Waals surface area contributed by atoms with Crippen LogP contribution in [-0.4, -0.2) is 27.4 Å². The predicted molar refractivity (Wildman–Crippen MR) is 83.9 cm³/mol. The lowest BCUT2D eigenvalue weighted by atomic mass is 10.2. The van der Waals surface area contributed by atoms with Crippen molar-refractivity contribution < 1.29 is 13.2 Å². The zero-order valence-corrected chi connectivity index (χ0v) is 13.9. The molecular weight excluding hydrogens is 337 g/mol. The third-order valence-corrected chi connectivity index (χ3v) is 4.58. The Labute approximate surface area is 134 Å². The summed E-state index contributed by atoms with van der Waals surface area (Å²) < 4.78 is 26.4. The van der Waals surface area contributed by atoms with Gasteiger partial charge in [-0.2, -0.15) is 0 Å². The van der Waals surface area contributed by atoms with E-state index in [4.69, 9.17) is 28.9 Å². The molecule has 118 valence electrons. The van der Waals surface area contributed by atoms with Crippen LogP contribution in [0.1, 0.15) is 13.8 Å². The van der Waals surface area contributed by atoms with Crippen LogP contribution in [0, 0.1) is 5.92 Å². The number of halogens is 2. The van der Waals surface area contributed by atoms with E-state index in [-0.39, 0.29) is 26.5 Å². The molecule has 0 heterocycles. The highest BCUT2D eigenvalue weighted by atomic mass is 35.5. The summed E-state index contributed by atoms with van der Waals surface area (Å²) in [6.07, 6.45) is 0. The van der Waals surface area contributed by atoms with Gasteiger partial charge in [0.15, 0.2) is 0 Å². The molecule has 0 aromatic heterocycles. The molecule has 1 aromatic rings. The first-order chi connectivity index (χ1) is 9.63. The summed E-state index contributed by atoms with van der Waals surface area (Å²) in [7, 11) is -4.00. The van der Waals surface area contributed by atoms with Crippen molar-refractivity contribution in [3.05, 3.63) is 22.2 Å². The van der Waals surface area contributed by atoms with Gasteiger partial charge in [-0.15, -0.1) is 0 Å². The van der Waals surface area contributed by atoms with Gasteiger partial charge >= 0.3 is 0 Å². The third kappa shape index (κ3) is 5.35. The highest BCUT2D eigenvalue weighted by molar-refractivity contribution is 7.89. The standard InChI is InChI=1S/C12H17Cl2N3O3S/c1-7(2)5-16-11(18)6-17-21(19,20)12-9(14)3-8(13)4-10(12)15/h3-4,7,17H,5-6,15H2,1-2H3,(H,16,18). The largest absolute Gasteiger partial charge is 0.398 e. The number of hydrogen-bond donors (Lipinski definition) is 3. The smallest absolute Gasteiger partial charge is 0.244 e. The van der Waals surface area contributed by atoms with E-state index in [0.717, 1.165) is 0 Å². The fourth-order valence-electron chi connectivity index (χ4n) is 1.48. The summed E-state index contributed by atoms with van der Waals surface area (Å²) in [5.41, 5.74) is 5.54. The van der Waals surface area contributed by atoms with Crippen LogP contribution in [0.15, 0.2) is 17.0 Å². The maximum Gasteiger partial charge on any atom is 0.244 e. The fraction of sp³-hybridized carbons (Fsp3) is 0.417. The molecule has 0 fully saturated rings. The third-order valence-electron chi connectivity index (χ3n) is 2.44. The zero-order valence-electron chi connectivity index (χ0n) is 11.6. The molecule has 0 bridgehead atoms. The number of hydrogen-bond acceptors (Lipinski definition) is 4. The summed E-state index contributed by atoms with van der Waals surface area (Å²) in [6, 6.07) is 2.55. The quantitative estimate of drug-likeness (QED) is 0.676. The van der Waals surface area contributed by atoms with Crippen molar-refractivity contribution in [3.8, 4) is 0 Å². The molecule has 1 amide bonds. The average molecular weight is 354 g/mol. The number of nitrogens with two attached hydrogens (primary N) is 1. The van der Waals surface area contributed by atoms with Gasteiger partial charge in [-0.3, -0.25) is 4.79 Å². The van der Waals surface area contributed by atoms with E-state index in [1.165, 1.54) is 12.1 Å². The topological polar surface area (TPSA) is 101 Å². The minimum absolute atomic E-state index is 0.0809. The molecule has 4 N–H and O–H groups in total. The van der Waals surface area contributed by atoms with Crippen LogP contribution in [0.25, 0.3) is 0 Å². The van der Waals surface area contributed by atoms with Crippen LogP contribution in [0.3, 0.4) is 0 Å². The van der Waals surface area contributed by atoms with Gasteiger partial charge in [0.1, 0.15) is 4.90 Å². The van der Waals surface area contributed by atoms with Crippen molar-refractivity contribution in [2.45, 2.75) is 18.7 Å². The number of nitrogens with one attached hydrogen (secondary N) is 2. The molecule has 0 saturated carbocycles. The van der Waals surface area contributed by atoms with E-state index in [0.29, 0.717) is 6.54 Å². The minimum atomic E-state index is -4.00. The van der Waals surface area contributed by atoms with Crippen molar-refractivity contribution in [2.75, 3.05) is 18.8 Å². The first-order valence-electron chi connectivity index (χ1n) is 6.14. The number of anilines is 1. The van der Waals surface area contributed by atoms with E-state index >= 15 is 0 Å². The van der Waals surface area contributed by atoms with Gasteiger partial charge in [-0.1, -0.05) is 37.0 Å². The first-order valence-corrected chi connectivity index (χ1v) is 8.38. The van der Waals surface area contributed by atoms with Crippen LogP contribution >= 0.6 is 23.2 Å². The number of amides is 1. The number of nitrogen functional groups attached to an aromatic ring is 1. The lowest BCUT2D eigenvalue weighted by Crippen LogP contribution is -2.38. The van der Waals surface area contributed by atoms with Crippen molar-refractivity contribution in [2.24, 2.45) is 5.92 Å². The molecule has 21 heavy (non-hydrogen) atoms. The normalized spacial score (nSPS) is 11.7. The number of carbonyl (C=O) groups excluding carboxylic acids is 1. The van der Waals surface area contributed by atoms with Crippen molar-refractivity contribution in [1.29, 1.82) is 0 Å². The van der Waals surface area contributed by atoms with E-state index in [9.17, 15) is 13.2 Å². The molecule has 0 unspecified atom stereocenters. The molecule has 0 aliphatic rings. The monoisotopic (exact) mass is 353 g/mol. The Morgan fingerprint density at radius 1 is 1.33 bits per heavy atom. The Hall–Kier alpha value is -1.02. The maximum absolute atomic E-state index is 12.1. The van der Waals surface area contributed by atoms with Gasteiger partial charge in [-0.05, 0) is 18.1 Å². The molecule has 0 aliphatic carbocycles. The molecule has 0 atom stereocenters. The van der Waals surface area contributed by atoms with Gasteiger partial charge in [-0.25, -0.2) is 13.1 Å². The molecule has 0 radical (unpaired) electrons. The highest BCUT2D eigenvalue weighted by Gasteiger charge is 2.22. The second-order valence-corrected chi connectivity index (χ2v) is 7.38. The Bertz CT molecular complexity index is 610. The van der Waals surface area contributed by atoms with E-state index < -0.39 is 22.5 Å². The Kier molecular flexibility index (Phi) is 6.27. The van der Waals surface area contributed by atoms with Gasteiger partial charge in [0.05, 0.1) is 17.3 Å². The zero-order chi connectivity index (χ0) is 16.2. The molecular formula is C12H17Cl2N3O3S. The highest BCUT2D eigenvalue weighted by Crippen LogP contribution is 2.30. The van der Waals surface area contributed by atoms with E-state index in [2.05, 4.69) is 10.0 Å². The number of benzene rings is 1. The lowest BCUT2D eigenvalue weighted by molar-refractivity contribution is -0.120. The Morgan fingerprint density at radius 2 is 1.95 bits per heavy atom. The van der Waals surface area contributed by atoms with Crippen molar-refractivity contribution >= 4 is 44.8 Å². The molecule has 9 heteroatoms. The van der Waals surface area contributed by atoms with Crippen LogP contribution in [0.2, 0.25) is 10.0 Å². The number of rotatable bonds is 6. The molecule has 1 rings (SSSR count). The van der Waals surface area contributed by atoms with Crippen LogP contribution < -0.4 is 15.8 Å².